The minimum Gasteiger partial charge on any atom is -0.854 e. The van der Waals surface area contributed by atoms with Crippen LogP contribution >= 0.6 is 0 Å². The van der Waals surface area contributed by atoms with Crippen LogP contribution in [0.4, 0.5) is 11.4 Å². The van der Waals surface area contributed by atoms with Gasteiger partial charge in [-0.25, -0.2) is 16.8 Å². The number of hydrogen-bond donors (Lipinski definition) is 0. The molecule has 0 bridgehead atoms. The molecule has 2 aromatic carbocycles. The van der Waals surface area contributed by atoms with Gasteiger partial charge in [-0.15, -0.1) is 18.7 Å². The SMILES string of the molecule is Cc1c(N(C)CS(=O)(=O)[O-])c([O-])n(-c2ccccc2)[n+]1C.Cc1c(N(C)CS(=O)(=O)[O-])c([O-])n(-c2ccccc2)[n+]1C.[Cu+2]. The van der Waals surface area contributed by atoms with Crippen molar-refractivity contribution in [3.63, 3.8) is 0 Å². The van der Waals surface area contributed by atoms with Crippen LogP contribution in [0.5, 0.6) is 11.8 Å². The van der Waals surface area contributed by atoms with Crippen molar-refractivity contribution >= 4 is 31.6 Å². The monoisotopic (exact) mass is 683 g/mol. The van der Waals surface area contributed by atoms with Crippen molar-refractivity contribution in [3.8, 4) is 23.1 Å². The zero-order chi connectivity index (χ0) is 31.6. The Balaban J connectivity index is 0.000000293. The van der Waals surface area contributed by atoms with E-state index in [9.17, 15) is 36.2 Å². The third-order valence-electron chi connectivity index (χ3n) is 6.51. The predicted molar refractivity (Wildman–Crippen MR) is 148 cm³/mol. The second kappa shape index (κ2) is 13.8. The Morgan fingerprint density at radius 1 is 0.651 bits per heavy atom. The number of rotatable bonds is 8. The maximum Gasteiger partial charge on any atom is 2.00 e. The van der Waals surface area contributed by atoms with Gasteiger partial charge in [0.15, 0.2) is 14.1 Å². The Labute approximate surface area is 261 Å². The zero-order valence-corrected chi connectivity index (χ0v) is 26.8. The molecule has 0 unspecified atom stereocenters. The largest absolute Gasteiger partial charge is 2.00 e. The number of para-hydroxylation sites is 2. The summed E-state index contributed by atoms with van der Waals surface area (Å²) in [5.74, 6) is -2.23. The minimum atomic E-state index is -4.45. The van der Waals surface area contributed by atoms with Gasteiger partial charge in [-0.2, -0.15) is 0 Å². The maximum atomic E-state index is 12.5. The number of benzene rings is 2. The average molecular weight is 684 g/mol. The van der Waals surface area contributed by atoms with E-state index in [0.29, 0.717) is 22.8 Å². The van der Waals surface area contributed by atoms with Gasteiger partial charge in [-0.3, -0.25) is 0 Å². The van der Waals surface area contributed by atoms with Crippen LogP contribution < -0.4 is 29.4 Å². The topological polar surface area (TPSA) is 185 Å². The van der Waals surface area contributed by atoms with E-state index in [4.69, 9.17) is 0 Å². The summed E-state index contributed by atoms with van der Waals surface area (Å²) in [6.45, 7) is 3.40. The quantitative estimate of drug-likeness (QED) is 0.130. The molecule has 0 fully saturated rings. The van der Waals surface area contributed by atoms with Crippen molar-refractivity contribution in [1.29, 1.82) is 0 Å². The van der Waals surface area contributed by atoms with Gasteiger partial charge in [-0.05, 0) is 24.3 Å². The van der Waals surface area contributed by atoms with E-state index < -0.39 is 32.0 Å². The molecule has 17 heteroatoms. The standard InChI is InChI=1S/2C13H17N3O4S.Cu/c2*1-10-12(14(2)9-21(18,19)20)13(17)16(15(10)3)11-7-5-4-6-8-11;/h2*4-8H,9H2,1-3H3,(H,18,19,20);/q;;+2/p-2. The molecule has 0 atom stereocenters. The van der Waals surface area contributed by atoms with E-state index in [1.165, 1.54) is 33.3 Å². The van der Waals surface area contributed by atoms with Crippen LogP contribution in [0.3, 0.4) is 0 Å². The number of aromatic nitrogens is 4. The van der Waals surface area contributed by atoms with Crippen molar-refractivity contribution in [2.45, 2.75) is 13.8 Å². The van der Waals surface area contributed by atoms with Crippen LogP contribution in [0.15, 0.2) is 60.7 Å². The molecular formula is C26H32CuN6O8S2. The van der Waals surface area contributed by atoms with Crippen molar-refractivity contribution < 1.29 is 62.6 Å². The zero-order valence-electron chi connectivity index (χ0n) is 24.3. The summed E-state index contributed by atoms with van der Waals surface area (Å²) in [6, 6.07) is 18.0. The van der Waals surface area contributed by atoms with E-state index in [2.05, 4.69) is 0 Å². The van der Waals surface area contributed by atoms with Gasteiger partial charge in [0.1, 0.15) is 54.7 Å². The molecule has 14 nitrogen and oxygen atoms in total. The molecule has 2 aromatic heterocycles. The molecule has 2 heterocycles. The number of hydrogen-bond acceptors (Lipinski definition) is 10. The maximum absolute atomic E-state index is 12.5. The molecule has 0 aliphatic carbocycles. The van der Waals surface area contributed by atoms with Gasteiger partial charge in [0, 0.05) is 27.9 Å². The fourth-order valence-corrected chi connectivity index (χ4v) is 5.80. The third-order valence-corrected chi connectivity index (χ3v) is 7.92. The summed E-state index contributed by atoms with van der Waals surface area (Å²) in [4.78, 5) is 2.33. The molecule has 0 amide bonds. The first kappa shape index (κ1) is 35.6. The Hall–Kier alpha value is -3.60. The normalized spacial score (nSPS) is 11.3. The third kappa shape index (κ3) is 8.28. The minimum absolute atomic E-state index is 0. The number of anilines is 2. The summed E-state index contributed by atoms with van der Waals surface area (Å²) >= 11 is 0. The predicted octanol–water partition coefficient (Wildman–Crippen LogP) is -0.757. The molecule has 43 heavy (non-hydrogen) atoms. The first-order chi connectivity index (χ1) is 19.4. The summed E-state index contributed by atoms with van der Waals surface area (Å²) in [6.07, 6.45) is 0. The Morgan fingerprint density at radius 3 is 1.19 bits per heavy atom. The van der Waals surface area contributed by atoms with Crippen molar-refractivity contribution in [2.75, 3.05) is 35.6 Å². The molecule has 0 saturated carbocycles. The summed E-state index contributed by atoms with van der Waals surface area (Å²) in [5, 5.41) is 25.1. The fraction of sp³-hybridized carbons (Fsp3) is 0.308. The summed E-state index contributed by atoms with van der Waals surface area (Å²) in [7, 11) is -2.68. The van der Waals surface area contributed by atoms with Gasteiger partial charge < -0.3 is 29.1 Å². The van der Waals surface area contributed by atoms with Gasteiger partial charge in [0.2, 0.25) is 11.4 Å². The van der Waals surface area contributed by atoms with Gasteiger partial charge >= 0.3 is 17.1 Å². The van der Waals surface area contributed by atoms with Crippen LogP contribution in [0.25, 0.3) is 11.4 Å². The molecule has 0 aliphatic heterocycles. The second-order valence-electron chi connectivity index (χ2n) is 9.59. The smallest absolute Gasteiger partial charge is 0.854 e. The molecule has 4 rings (SSSR count). The molecule has 237 valence electrons. The first-order valence-electron chi connectivity index (χ1n) is 12.4. The van der Waals surface area contributed by atoms with Crippen LogP contribution in [0.2, 0.25) is 0 Å². The molecular weight excluding hydrogens is 652 g/mol. The fourth-order valence-electron chi connectivity index (χ4n) is 4.59. The number of nitrogens with zero attached hydrogens (tertiary/aromatic N) is 6. The molecule has 0 spiro atoms. The Morgan fingerprint density at radius 2 is 0.930 bits per heavy atom. The van der Waals surface area contributed by atoms with Crippen molar-refractivity contribution in [3.05, 3.63) is 72.1 Å². The van der Waals surface area contributed by atoms with E-state index in [1.54, 1.807) is 85.8 Å². The summed E-state index contributed by atoms with van der Waals surface area (Å²) < 4.78 is 71.4. The van der Waals surface area contributed by atoms with Gasteiger partial charge in [0.05, 0.1) is 11.8 Å². The second-order valence-corrected chi connectivity index (χ2v) is 12.3. The van der Waals surface area contributed by atoms with E-state index in [-0.39, 0.29) is 40.2 Å². The van der Waals surface area contributed by atoms with Gasteiger partial charge in [0.25, 0.3) is 0 Å². The van der Waals surface area contributed by atoms with Crippen LogP contribution in [0, 0.1) is 13.8 Å². The molecule has 0 N–H and O–H groups in total. The van der Waals surface area contributed by atoms with Crippen LogP contribution in [0.1, 0.15) is 11.4 Å². The molecule has 0 saturated heterocycles. The van der Waals surface area contributed by atoms with E-state index in [0.717, 1.165) is 0 Å². The Bertz CT molecular complexity index is 1650. The van der Waals surface area contributed by atoms with Crippen molar-refractivity contribution in [2.24, 2.45) is 14.1 Å². The summed E-state index contributed by atoms with van der Waals surface area (Å²) in [5.41, 5.74) is 2.88. The first-order valence-corrected chi connectivity index (χ1v) is 15.6. The van der Waals surface area contributed by atoms with Gasteiger partial charge in [-0.1, -0.05) is 36.4 Å². The molecule has 4 aromatic rings. The Kier molecular flexibility index (Phi) is 11.4. The molecule has 1 radical (unpaired) electrons. The van der Waals surface area contributed by atoms with Crippen LogP contribution in [-0.4, -0.2) is 61.2 Å². The van der Waals surface area contributed by atoms with E-state index >= 15 is 0 Å². The van der Waals surface area contributed by atoms with Crippen LogP contribution in [-0.2, 0) is 51.4 Å². The average Bonchev–Trinajstić information content (AvgIpc) is 3.25. The molecule has 0 aliphatic rings. The van der Waals surface area contributed by atoms with Crippen molar-refractivity contribution in [1.82, 2.24) is 9.36 Å². The van der Waals surface area contributed by atoms with E-state index in [1.807, 2.05) is 12.1 Å².